The number of carbonyl (C=O) groups excluding carboxylic acids is 2. The SMILES string of the molecule is O=C(COC(=O)c1cc(Cl)ccc1F)Nc1cccc(Cl)c1. The topological polar surface area (TPSA) is 55.4 Å². The number of halogens is 3. The molecular formula is C15H10Cl2FNO3. The van der Waals surface area contributed by atoms with Gasteiger partial charge in [-0.05, 0) is 36.4 Å². The third-order valence-electron chi connectivity index (χ3n) is 2.59. The van der Waals surface area contributed by atoms with Gasteiger partial charge >= 0.3 is 5.97 Å². The van der Waals surface area contributed by atoms with Crippen molar-refractivity contribution < 1.29 is 18.7 Å². The van der Waals surface area contributed by atoms with Gasteiger partial charge in [0.1, 0.15) is 5.82 Å². The fourth-order valence-corrected chi connectivity index (χ4v) is 1.99. The van der Waals surface area contributed by atoms with Gasteiger partial charge in [0.2, 0.25) is 0 Å². The third-order valence-corrected chi connectivity index (χ3v) is 3.06. The highest BCUT2D eigenvalue weighted by Gasteiger charge is 2.15. The van der Waals surface area contributed by atoms with Crippen molar-refractivity contribution in [2.24, 2.45) is 0 Å². The molecule has 0 aliphatic heterocycles. The number of benzene rings is 2. The number of hydrogen-bond acceptors (Lipinski definition) is 3. The Morgan fingerprint density at radius 1 is 1.09 bits per heavy atom. The van der Waals surface area contributed by atoms with E-state index in [0.29, 0.717) is 10.7 Å². The average Bonchev–Trinajstić information content (AvgIpc) is 2.47. The lowest BCUT2D eigenvalue weighted by molar-refractivity contribution is -0.119. The first-order valence-electron chi connectivity index (χ1n) is 6.13. The van der Waals surface area contributed by atoms with Crippen LogP contribution in [0.15, 0.2) is 42.5 Å². The molecule has 0 unspecified atom stereocenters. The van der Waals surface area contributed by atoms with Crippen LogP contribution in [-0.2, 0) is 9.53 Å². The molecule has 1 N–H and O–H groups in total. The second-order valence-corrected chi connectivity index (χ2v) is 5.13. The van der Waals surface area contributed by atoms with Gasteiger partial charge in [0.25, 0.3) is 5.91 Å². The zero-order chi connectivity index (χ0) is 16.1. The van der Waals surface area contributed by atoms with E-state index in [9.17, 15) is 14.0 Å². The number of esters is 1. The van der Waals surface area contributed by atoms with Crippen molar-refractivity contribution in [1.82, 2.24) is 0 Å². The predicted octanol–water partition coefficient (Wildman–Crippen LogP) is 3.93. The number of anilines is 1. The van der Waals surface area contributed by atoms with E-state index in [0.717, 1.165) is 12.1 Å². The van der Waals surface area contributed by atoms with Crippen LogP contribution in [0.5, 0.6) is 0 Å². The smallest absolute Gasteiger partial charge is 0.341 e. The van der Waals surface area contributed by atoms with Crippen LogP contribution < -0.4 is 5.32 Å². The summed E-state index contributed by atoms with van der Waals surface area (Å²) < 4.78 is 18.2. The first-order valence-corrected chi connectivity index (χ1v) is 6.89. The van der Waals surface area contributed by atoms with Crippen molar-refractivity contribution in [3.8, 4) is 0 Å². The van der Waals surface area contributed by atoms with Crippen molar-refractivity contribution in [2.75, 3.05) is 11.9 Å². The highest BCUT2D eigenvalue weighted by atomic mass is 35.5. The largest absolute Gasteiger partial charge is 0.452 e. The van der Waals surface area contributed by atoms with Crippen LogP contribution in [-0.4, -0.2) is 18.5 Å². The predicted molar refractivity (Wildman–Crippen MR) is 81.8 cm³/mol. The Labute approximate surface area is 135 Å². The maximum atomic E-state index is 13.5. The molecule has 0 aliphatic carbocycles. The summed E-state index contributed by atoms with van der Waals surface area (Å²) in [4.78, 5) is 23.4. The van der Waals surface area contributed by atoms with Crippen LogP contribution in [0.25, 0.3) is 0 Å². The minimum absolute atomic E-state index is 0.191. The van der Waals surface area contributed by atoms with Crippen molar-refractivity contribution in [3.63, 3.8) is 0 Å². The first-order chi connectivity index (χ1) is 10.5. The zero-order valence-corrected chi connectivity index (χ0v) is 12.6. The summed E-state index contributed by atoms with van der Waals surface area (Å²) in [5.41, 5.74) is 0.130. The zero-order valence-electron chi connectivity index (χ0n) is 11.1. The van der Waals surface area contributed by atoms with Crippen LogP contribution in [0.3, 0.4) is 0 Å². The number of amides is 1. The second-order valence-electron chi connectivity index (χ2n) is 4.26. The van der Waals surface area contributed by atoms with Gasteiger partial charge in [-0.25, -0.2) is 9.18 Å². The highest BCUT2D eigenvalue weighted by Crippen LogP contribution is 2.16. The van der Waals surface area contributed by atoms with Gasteiger partial charge in [-0.3, -0.25) is 4.79 Å². The molecule has 4 nitrogen and oxygen atoms in total. The molecule has 2 rings (SSSR count). The van der Waals surface area contributed by atoms with Gasteiger partial charge in [0, 0.05) is 15.7 Å². The van der Waals surface area contributed by atoms with Gasteiger partial charge in [-0.1, -0.05) is 29.3 Å². The molecule has 0 saturated carbocycles. The Morgan fingerprint density at radius 2 is 1.82 bits per heavy atom. The van der Waals surface area contributed by atoms with Crippen LogP contribution in [0.2, 0.25) is 10.0 Å². The lowest BCUT2D eigenvalue weighted by atomic mass is 10.2. The van der Waals surface area contributed by atoms with E-state index in [4.69, 9.17) is 27.9 Å². The molecule has 0 saturated heterocycles. The molecular weight excluding hydrogens is 332 g/mol. The Morgan fingerprint density at radius 3 is 2.55 bits per heavy atom. The molecule has 0 aromatic heterocycles. The quantitative estimate of drug-likeness (QED) is 0.857. The van der Waals surface area contributed by atoms with Crippen LogP contribution in [0.4, 0.5) is 10.1 Å². The molecule has 0 fully saturated rings. The van der Waals surface area contributed by atoms with Gasteiger partial charge in [-0.15, -0.1) is 0 Å². The highest BCUT2D eigenvalue weighted by molar-refractivity contribution is 6.31. The van der Waals surface area contributed by atoms with Crippen LogP contribution in [0, 0.1) is 5.82 Å². The normalized spacial score (nSPS) is 10.1. The summed E-state index contributed by atoms with van der Waals surface area (Å²) in [7, 11) is 0. The third kappa shape index (κ3) is 4.44. The summed E-state index contributed by atoms with van der Waals surface area (Å²) in [6, 6.07) is 9.96. The van der Waals surface area contributed by atoms with E-state index >= 15 is 0 Å². The molecule has 0 radical (unpaired) electrons. The number of rotatable bonds is 4. The second kappa shape index (κ2) is 7.24. The van der Waals surface area contributed by atoms with E-state index < -0.39 is 24.3 Å². The standard InChI is InChI=1S/C15H10Cl2FNO3/c16-9-2-1-3-11(6-9)19-14(20)8-22-15(21)12-7-10(17)4-5-13(12)18/h1-7H,8H2,(H,19,20). The summed E-state index contributed by atoms with van der Waals surface area (Å²) >= 11 is 11.5. The number of hydrogen-bond donors (Lipinski definition) is 1. The average molecular weight is 342 g/mol. The fourth-order valence-electron chi connectivity index (χ4n) is 1.63. The van der Waals surface area contributed by atoms with E-state index in [1.165, 1.54) is 12.1 Å². The molecule has 7 heteroatoms. The van der Waals surface area contributed by atoms with Gasteiger partial charge in [0.15, 0.2) is 6.61 Å². The minimum Gasteiger partial charge on any atom is -0.452 e. The van der Waals surface area contributed by atoms with E-state index in [2.05, 4.69) is 5.32 Å². The van der Waals surface area contributed by atoms with Crippen molar-refractivity contribution in [2.45, 2.75) is 0 Å². The summed E-state index contributed by atoms with van der Waals surface area (Å²) in [5.74, 6) is -2.32. The van der Waals surface area contributed by atoms with Crippen molar-refractivity contribution in [1.29, 1.82) is 0 Å². The first kappa shape index (κ1) is 16.3. The molecule has 114 valence electrons. The monoisotopic (exact) mass is 341 g/mol. The lowest BCUT2D eigenvalue weighted by Gasteiger charge is -2.07. The molecule has 0 spiro atoms. The molecule has 22 heavy (non-hydrogen) atoms. The van der Waals surface area contributed by atoms with E-state index in [1.54, 1.807) is 18.2 Å². The molecule has 0 aliphatic rings. The lowest BCUT2D eigenvalue weighted by Crippen LogP contribution is -2.21. The molecule has 1 amide bonds. The number of carbonyl (C=O) groups is 2. The molecule has 0 atom stereocenters. The maximum absolute atomic E-state index is 13.5. The van der Waals surface area contributed by atoms with Crippen LogP contribution >= 0.6 is 23.2 Å². The number of ether oxygens (including phenoxy) is 1. The fraction of sp³-hybridized carbons (Fsp3) is 0.0667. The summed E-state index contributed by atoms with van der Waals surface area (Å²) in [6.07, 6.45) is 0. The summed E-state index contributed by atoms with van der Waals surface area (Å²) in [5, 5.41) is 3.14. The Hall–Kier alpha value is -2.11. The number of nitrogens with one attached hydrogen (secondary N) is 1. The Kier molecular flexibility index (Phi) is 5.35. The van der Waals surface area contributed by atoms with Crippen molar-refractivity contribution >= 4 is 40.8 Å². The van der Waals surface area contributed by atoms with E-state index in [1.807, 2.05) is 0 Å². The van der Waals surface area contributed by atoms with Gasteiger partial charge in [0.05, 0.1) is 5.56 Å². The molecule has 2 aromatic carbocycles. The van der Waals surface area contributed by atoms with Gasteiger partial charge < -0.3 is 10.1 Å². The Bertz CT molecular complexity index is 722. The maximum Gasteiger partial charge on any atom is 0.341 e. The van der Waals surface area contributed by atoms with Crippen molar-refractivity contribution in [3.05, 3.63) is 63.9 Å². The molecule has 0 bridgehead atoms. The van der Waals surface area contributed by atoms with Gasteiger partial charge in [-0.2, -0.15) is 0 Å². The molecule has 2 aromatic rings. The van der Waals surface area contributed by atoms with E-state index in [-0.39, 0.29) is 10.6 Å². The summed E-state index contributed by atoms with van der Waals surface area (Å²) in [6.45, 7) is -0.558. The Balaban J connectivity index is 1.93. The molecule has 0 heterocycles. The minimum atomic E-state index is -0.971. The van der Waals surface area contributed by atoms with Crippen LogP contribution in [0.1, 0.15) is 10.4 Å².